The third-order valence-electron chi connectivity index (χ3n) is 2.96. The Hall–Kier alpha value is -1.20. The van der Waals surface area contributed by atoms with Crippen molar-refractivity contribution in [2.24, 2.45) is 0 Å². The van der Waals surface area contributed by atoms with E-state index < -0.39 is 0 Å². The number of hydrogen-bond acceptors (Lipinski definition) is 5. The van der Waals surface area contributed by atoms with Crippen molar-refractivity contribution in [3.8, 4) is 0 Å². The molecule has 0 aliphatic heterocycles. The van der Waals surface area contributed by atoms with Crippen LogP contribution in [0.4, 0.5) is 0 Å². The molecule has 0 saturated heterocycles. The van der Waals surface area contributed by atoms with Gasteiger partial charge in [-0.3, -0.25) is 4.79 Å². The number of Topliss-reactive ketones (excluding diaryl/α,β-unsaturated/α-hetero) is 1. The highest BCUT2D eigenvalue weighted by molar-refractivity contribution is 7.99. The zero-order valence-corrected chi connectivity index (χ0v) is 13.1. The predicted octanol–water partition coefficient (Wildman–Crippen LogP) is 3.75. The summed E-state index contributed by atoms with van der Waals surface area (Å²) in [5.41, 5.74) is 3.08. The van der Waals surface area contributed by atoms with Gasteiger partial charge in [0.2, 0.25) is 0 Å². The number of carbonyl (C=O) groups is 1. The zero-order chi connectivity index (χ0) is 14.0. The molecule has 0 amide bonds. The van der Waals surface area contributed by atoms with E-state index >= 15 is 0 Å². The molecule has 0 radical (unpaired) electrons. The Morgan fingerprint density at radius 3 is 2.32 bits per heavy atom. The van der Waals surface area contributed by atoms with E-state index in [9.17, 15) is 4.79 Å². The van der Waals surface area contributed by atoms with Crippen molar-refractivity contribution in [3.63, 3.8) is 0 Å². The van der Waals surface area contributed by atoms with Crippen LogP contribution in [0, 0.1) is 27.7 Å². The van der Waals surface area contributed by atoms with Crippen LogP contribution in [0.2, 0.25) is 0 Å². The van der Waals surface area contributed by atoms with Gasteiger partial charge in [-0.05, 0) is 45.4 Å². The smallest absolute Gasteiger partial charge is 0.188 e. The van der Waals surface area contributed by atoms with E-state index in [2.05, 4.69) is 9.97 Å². The van der Waals surface area contributed by atoms with Gasteiger partial charge in [-0.15, -0.1) is 11.3 Å². The normalized spacial score (nSPS) is 10.7. The summed E-state index contributed by atoms with van der Waals surface area (Å²) in [5.74, 6) is 0.532. The second kappa shape index (κ2) is 5.84. The summed E-state index contributed by atoms with van der Waals surface area (Å²) < 4.78 is 0. The molecule has 5 heteroatoms. The molecule has 0 aromatic carbocycles. The van der Waals surface area contributed by atoms with Crippen molar-refractivity contribution in [2.45, 2.75) is 32.9 Å². The molecule has 0 unspecified atom stereocenters. The molecule has 19 heavy (non-hydrogen) atoms. The molecule has 0 N–H and O–H groups in total. The Morgan fingerprint density at radius 1 is 1.16 bits per heavy atom. The monoisotopic (exact) mass is 292 g/mol. The molecule has 2 heterocycles. The molecule has 0 bridgehead atoms. The van der Waals surface area contributed by atoms with Gasteiger partial charge >= 0.3 is 0 Å². The summed E-state index contributed by atoms with van der Waals surface area (Å²) >= 11 is 2.94. The van der Waals surface area contributed by atoms with Crippen molar-refractivity contribution in [1.29, 1.82) is 0 Å². The van der Waals surface area contributed by atoms with Gasteiger partial charge in [0.25, 0.3) is 0 Å². The second-order valence-electron chi connectivity index (χ2n) is 4.42. The Balaban J connectivity index is 2.05. The molecule has 3 nitrogen and oxygen atoms in total. The molecule has 2 aromatic heterocycles. The van der Waals surface area contributed by atoms with Crippen LogP contribution in [0.15, 0.2) is 17.3 Å². The van der Waals surface area contributed by atoms with Gasteiger partial charge in [0.05, 0.1) is 10.6 Å². The quantitative estimate of drug-likeness (QED) is 0.489. The number of ketones is 1. The topological polar surface area (TPSA) is 42.9 Å². The standard InChI is InChI=1S/C14H16N2OS2/c1-8-5-6-13(19-8)12(17)7-18-14-15-10(3)9(2)11(4)16-14/h5-6H,7H2,1-4H3. The molecule has 2 rings (SSSR count). The molecule has 0 aliphatic carbocycles. The van der Waals surface area contributed by atoms with Gasteiger partial charge < -0.3 is 0 Å². The number of thiophene rings is 1. The lowest BCUT2D eigenvalue weighted by molar-refractivity contribution is 0.102. The zero-order valence-electron chi connectivity index (χ0n) is 11.5. The Labute approximate surface area is 121 Å². The van der Waals surface area contributed by atoms with Crippen molar-refractivity contribution in [1.82, 2.24) is 9.97 Å². The van der Waals surface area contributed by atoms with Gasteiger partial charge in [-0.1, -0.05) is 11.8 Å². The van der Waals surface area contributed by atoms with Crippen molar-refractivity contribution in [3.05, 3.63) is 38.8 Å². The molecule has 2 aromatic rings. The molecule has 0 atom stereocenters. The van der Waals surface area contributed by atoms with E-state index in [0.717, 1.165) is 26.7 Å². The molecular formula is C14H16N2OS2. The van der Waals surface area contributed by atoms with Gasteiger partial charge in [-0.2, -0.15) is 0 Å². The van der Waals surface area contributed by atoms with Crippen LogP contribution < -0.4 is 0 Å². The lowest BCUT2D eigenvalue weighted by atomic mass is 10.2. The maximum absolute atomic E-state index is 12.0. The summed E-state index contributed by atoms with van der Waals surface area (Å²) in [6.45, 7) is 7.96. The number of aromatic nitrogens is 2. The van der Waals surface area contributed by atoms with Crippen LogP contribution in [0.5, 0.6) is 0 Å². The SMILES string of the molecule is Cc1ccc(C(=O)CSc2nc(C)c(C)c(C)n2)s1. The fraction of sp³-hybridized carbons (Fsp3) is 0.357. The lowest BCUT2D eigenvalue weighted by Gasteiger charge is -2.06. The molecule has 0 fully saturated rings. The van der Waals surface area contributed by atoms with Gasteiger partial charge in [0.1, 0.15) is 0 Å². The van der Waals surface area contributed by atoms with E-state index in [-0.39, 0.29) is 5.78 Å². The third-order valence-corrected chi connectivity index (χ3v) is 4.85. The minimum Gasteiger partial charge on any atom is -0.292 e. The number of aryl methyl sites for hydroxylation is 3. The number of rotatable bonds is 4. The highest BCUT2D eigenvalue weighted by Gasteiger charge is 2.11. The first-order valence-electron chi connectivity index (χ1n) is 6.01. The van der Waals surface area contributed by atoms with Crippen LogP contribution in [0.1, 0.15) is 31.5 Å². The summed E-state index contributed by atoms with van der Waals surface area (Å²) in [4.78, 5) is 22.8. The highest BCUT2D eigenvalue weighted by atomic mass is 32.2. The first-order valence-corrected chi connectivity index (χ1v) is 7.82. The average molecular weight is 292 g/mol. The van der Waals surface area contributed by atoms with Gasteiger partial charge in [0, 0.05) is 16.3 Å². The number of carbonyl (C=O) groups excluding carboxylic acids is 1. The Kier molecular flexibility index (Phi) is 4.37. The molecule has 0 spiro atoms. The molecule has 0 aliphatic rings. The minimum atomic E-state index is 0.141. The minimum absolute atomic E-state index is 0.141. The van der Waals surface area contributed by atoms with E-state index in [0.29, 0.717) is 10.9 Å². The predicted molar refractivity (Wildman–Crippen MR) is 80.4 cm³/mol. The summed E-state index contributed by atoms with van der Waals surface area (Å²) in [7, 11) is 0. The highest BCUT2D eigenvalue weighted by Crippen LogP contribution is 2.21. The fourth-order valence-corrected chi connectivity index (χ4v) is 3.31. The van der Waals surface area contributed by atoms with E-state index in [1.165, 1.54) is 23.1 Å². The Morgan fingerprint density at radius 2 is 1.79 bits per heavy atom. The average Bonchev–Trinajstić information content (AvgIpc) is 2.79. The van der Waals surface area contributed by atoms with E-state index in [1.54, 1.807) is 0 Å². The van der Waals surface area contributed by atoms with Gasteiger partial charge in [0.15, 0.2) is 10.9 Å². The van der Waals surface area contributed by atoms with Crippen LogP contribution in [-0.2, 0) is 0 Å². The number of nitrogens with zero attached hydrogens (tertiary/aromatic N) is 2. The Bertz CT molecular complexity index is 597. The molecule has 0 saturated carbocycles. The third kappa shape index (κ3) is 3.42. The number of thioether (sulfide) groups is 1. The van der Waals surface area contributed by atoms with Crippen LogP contribution >= 0.6 is 23.1 Å². The fourth-order valence-electron chi connectivity index (χ4n) is 1.59. The lowest BCUT2D eigenvalue weighted by Crippen LogP contribution is -2.03. The van der Waals surface area contributed by atoms with E-state index in [1.807, 2.05) is 39.8 Å². The van der Waals surface area contributed by atoms with Crippen LogP contribution in [0.3, 0.4) is 0 Å². The largest absolute Gasteiger partial charge is 0.292 e. The first-order chi connectivity index (χ1) is 8.97. The maximum Gasteiger partial charge on any atom is 0.188 e. The van der Waals surface area contributed by atoms with Crippen LogP contribution in [0.25, 0.3) is 0 Å². The number of hydrogen-bond donors (Lipinski definition) is 0. The first kappa shape index (κ1) is 14.2. The molecular weight excluding hydrogens is 276 g/mol. The van der Waals surface area contributed by atoms with Crippen molar-refractivity contribution in [2.75, 3.05) is 5.75 Å². The molecule has 100 valence electrons. The van der Waals surface area contributed by atoms with Gasteiger partial charge in [-0.25, -0.2) is 9.97 Å². The van der Waals surface area contributed by atoms with Crippen molar-refractivity contribution >= 4 is 28.9 Å². The van der Waals surface area contributed by atoms with Crippen molar-refractivity contribution < 1.29 is 4.79 Å². The maximum atomic E-state index is 12.0. The summed E-state index contributed by atoms with van der Waals surface area (Å²) in [5, 5.41) is 0.683. The van der Waals surface area contributed by atoms with Crippen LogP contribution in [-0.4, -0.2) is 21.5 Å². The van der Waals surface area contributed by atoms with E-state index in [4.69, 9.17) is 0 Å². The summed E-state index contributed by atoms with van der Waals surface area (Å²) in [6, 6.07) is 3.86. The summed E-state index contributed by atoms with van der Waals surface area (Å²) in [6.07, 6.45) is 0. The second-order valence-corrected chi connectivity index (χ2v) is 6.65.